The van der Waals surface area contributed by atoms with Crippen LogP contribution in [0.5, 0.6) is 0 Å². The van der Waals surface area contributed by atoms with Crippen LogP contribution in [0.15, 0.2) is 48.5 Å². The van der Waals surface area contributed by atoms with Crippen molar-refractivity contribution in [3.05, 3.63) is 65.5 Å². The molecular weight excluding hydrogens is 413 g/mol. The fourth-order valence-electron chi connectivity index (χ4n) is 6.25. The zero-order chi connectivity index (χ0) is 22.8. The monoisotopic (exact) mass is 449 g/mol. The van der Waals surface area contributed by atoms with E-state index in [1.165, 1.54) is 36.6 Å². The van der Waals surface area contributed by atoms with Gasteiger partial charge < -0.3 is 9.80 Å². The average Bonchev–Trinajstić information content (AvgIpc) is 3.06. The first-order valence-electron chi connectivity index (χ1n) is 12.6. The van der Waals surface area contributed by atoms with E-state index in [-0.39, 0.29) is 23.2 Å². The number of halogens is 1. The fraction of sp³-hybridized carbons (Fsp3) is 0.536. The molecule has 3 fully saturated rings. The van der Waals surface area contributed by atoms with Gasteiger partial charge in [0.25, 0.3) is 0 Å². The largest absolute Gasteiger partial charge is 0.371 e. The van der Waals surface area contributed by atoms with E-state index in [4.69, 9.17) is 0 Å². The molecule has 1 spiro atoms. The Morgan fingerprint density at radius 3 is 2.48 bits per heavy atom. The number of likely N-dealkylation sites (N-methyl/N-ethyl adjacent to an activating group) is 1. The molecule has 5 rings (SSSR count). The van der Waals surface area contributed by atoms with Gasteiger partial charge in [0.1, 0.15) is 5.82 Å². The van der Waals surface area contributed by atoms with Crippen molar-refractivity contribution >= 4 is 11.6 Å². The van der Waals surface area contributed by atoms with Crippen LogP contribution in [-0.4, -0.2) is 55.0 Å². The molecule has 1 amide bonds. The minimum Gasteiger partial charge on any atom is -0.371 e. The van der Waals surface area contributed by atoms with E-state index in [2.05, 4.69) is 34.1 Å². The molecule has 0 bridgehead atoms. The number of hydrogen-bond donors (Lipinski definition) is 0. The van der Waals surface area contributed by atoms with E-state index in [0.29, 0.717) is 0 Å². The molecule has 2 aromatic rings. The van der Waals surface area contributed by atoms with E-state index in [9.17, 15) is 9.18 Å². The van der Waals surface area contributed by atoms with Crippen molar-refractivity contribution in [1.29, 1.82) is 0 Å². The summed E-state index contributed by atoms with van der Waals surface area (Å²) in [5.74, 6) is 0.0876. The minimum atomic E-state index is -0.240. The molecule has 3 aliphatic heterocycles. The maximum atomic E-state index is 13.6. The van der Waals surface area contributed by atoms with Crippen LogP contribution < -0.4 is 4.90 Å². The Bertz CT molecular complexity index is 979. The molecule has 2 aromatic carbocycles. The molecular formula is C28H36FN3O. The second kappa shape index (κ2) is 9.46. The van der Waals surface area contributed by atoms with Crippen LogP contribution in [0.3, 0.4) is 0 Å². The fourth-order valence-corrected chi connectivity index (χ4v) is 6.25. The lowest BCUT2D eigenvalue weighted by molar-refractivity contribution is -0.137. The molecule has 0 radical (unpaired) electrons. The van der Waals surface area contributed by atoms with E-state index < -0.39 is 0 Å². The van der Waals surface area contributed by atoms with Crippen molar-refractivity contribution in [2.75, 3.05) is 38.1 Å². The number of carbonyl (C=O) groups excluding carboxylic acids is 1. The third kappa shape index (κ3) is 4.65. The number of benzene rings is 2. The summed E-state index contributed by atoms with van der Waals surface area (Å²) in [6.45, 7) is 5.20. The zero-order valence-electron chi connectivity index (χ0n) is 19.8. The van der Waals surface area contributed by atoms with Crippen LogP contribution >= 0.6 is 0 Å². The topological polar surface area (TPSA) is 26.8 Å². The molecule has 0 aromatic heterocycles. The lowest BCUT2D eigenvalue weighted by Crippen LogP contribution is -2.44. The van der Waals surface area contributed by atoms with E-state index in [1.807, 2.05) is 18.0 Å². The van der Waals surface area contributed by atoms with Gasteiger partial charge in [-0.25, -0.2) is 4.39 Å². The van der Waals surface area contributed by atoms with Gasteiger partial charge in [0.05, 0.1) is 5.41 Å². The molecule has 3 saturated heterocycles. The number of carbonyl (C=O) groups is 1. The van der Waals surface area contributed by atoms with Crippen molar-refractivity contribution in [2.45, 2.75) is 57.5 Å². The summed E-state index contributed by atoms with van der Waals surface area (Å²) in [6.07, 6.45) is 7.37. The summed E-state index contributed by atoms with van der Waals surface area (Å²) in [7, 11) is 1.93. The molecule has 176 valence electrons. The van der Waals surface area contributed by atoms with Crippen molar-refractivity contribution in [3.8, 4) is 0 Å². The summed E-state index contributed by atoms with van der Waals surface area (Å²) in [6, 6.07) is 15.8. The molecule has 1 atom stereocenters. The molecule has 3 heterocycles. The number of anilines is 1. The van der Waals surface area contributed by atoms with Gasteiger partial charge in [-0.05, 0) is 87.4 Å². The molecule has 4 nitrogen and oxygen atoms in total. The summed E-state index contributed by atoms with van der Waals surface area (Å²) in [5.41, 5.74) is 3.54. The standard InChI is InChI=1S/C28H36FN3O/c1-30-25(19-22-8-7-10-24(29)18-22)20-28(27(30)33)12-16-31(17-13-28)21-23-9-3-4-11-26(23)32-14-5-2-6-15-32/h3-4,7-11,18,25H,2,5-6,12-17,19-21H2,1H3/t25-/m1/s1. The highest BCUT2D eigenvalue weighted by Crippen LogP contribution is 2.45. The number of piperidine rings is 2. The van der Waals surface area contributed by atoms with Crippen LogP contribution in [0.4, 0.5) is 10.1 Å². The number of amides is 1. The Hall–Kier alpha value is -2.40. The Morgan fingerprint density at radius 2 is 1.73 bits per heavy atom. The number of hydrogen-bond acceptors (Lipinski definition) is 3. The molecule has 0 aliphatic carbocycles. The van der Waals surface area contributed by atoms with Crippen LogP contribution in [0.1, 0.15) is 49.7 Å². The Kier molecular flexibility index (Phi) is 6.42. The first kappa shape index (κ1) is 22.4. The zero-order valence-corrected chi connectivity index (χ0v) is 19.8. The average molecular weight is 450 g/mol. The normalized spacial score (nSPS) is 23.5. The number of para-hydroxylation sites is 1. The lowest BCUT2D eigenvalue weighted by atomic mass is 9.75. The molecule has 3 aliphatic rings. The van der Waals surface area contributed by atoms with Gasteiger partial charge in [0, 0.05) is 38.4 Å². The van der Waals surface area contributed by atoms with Crippen molar-refractivity contribution < 1.29 is 9.18 Å². The Labute approximate surface area is 197 Å². The molecule has 33 heavy (non-hydrogen) atoms. The molecule has 0 saturated carbocycles. The van der Waals surface area contributed by atoms with Gasteiger partial charge in [-0.3, -0.25) is 9.69 Å². The van der Waals surface area contributed by atoms with Crippen LogP contribution in [0.25, 0.3) is 0 Å². The molecule has 5 heteroatoms. The van der Waals surface area contributed by atoms with Crippen molar-refractivity contribution in [1.82, 2.24) is 9.80 Å². The first-order chi connectivity index (χ1) is 16.0. The molecule has 0 unspecified atom stereocenters. The highest BCUT2D eigenvalue weighted by Gasteiger charge is 2.51. The van der Waals surface area contributed by atoms with Crippen molar-refractivity contribution in [2.24, 2.45) is 5.41 Å². The SMILES string of the molecule is CN1C(=O)C2(CCN(Cc3ccccc3N3CCCCC3)CC2)C[C@H]1Cc1cccc(F)c1. The highest BCUT2D eigenvalue weighted by atomic mass is 19.1. The summed E-state index contributed by atoms with van der Waals surface area (Å²) in [4.78, 5) is 20.3. The quantitative estimate of drug-likeness (QED) is 0.652. The number of likely N-dealkylation sites (tertiary alicyclic amines) is 2. The van der Waals surface area contributed by atoms with E-state index in [1.54, 1.807) is 12.1 Å². The van der Waals surface area contributed by atoms with Gasteiger partial charge in [-0.1, -0.05) is 30.3 Å². The minimum absolute atomic E-state index is 0.158. The maximum Gasteiger partial charge on any atom is 0.228 e. The summed E-state index contributed by atoms with van der Waals surface area (Å²) in [5, 5.41) is 0. The van der Waals surface area contributed by atoms with Gasteiger partial charge in [0.2, 0.25) is 5.91 Å². The second-order valence-corrected chi connectivity index (χ2v) is 10.3. The van der Waals surface area contributed by atoms with Crippen LogP contribution in [0.2, 0.25) is 0 Å². The van der Waals surface area contributed by atoms with E-state index >= 15 is 0 Å². The summed E-state index contributed by atoms with van der Waals surface area (Å²) < 4.78 is 13.6. The maximum absolute atomic E-state index is 13.6. The second-order valence-electron chi connectivity index (χ2n) is 10.3. The number of rotatable bonds is 5. The van der Waals surface area contributed by atoms with Gasteiger partial charge >= 0.3 is 0 Å². The summed E-state index contributed by atoms with van der Waals surface area (Å²) >= 11 is 0. The Balaban J connectivity index is 1.22. The van der Waals surface area contributed by atoms with Crippen LogP contribution in [-0.2, 0) is 17.8 Å². The van der Waals surface area contributed by atoms with E-state index in [0.717, 1.165) is 64.0 Å². The van der Waals surface area contributed by atoms with Crippen molar-refractivity contribution in [3.63, 3.8) is 0 Å². The predicted octanol–water partition coefficient (Wildman–Crippen LogP) is 4.87. The highest BCUT2D eigenvalue weighted by molar-refractivity contribution is 5.85. The first-order valence-corrected chi connectivity index (χ1v) is 12.6. The Morgan fingerprint density at radius 1 is 0.970 bits per heavy atom. The number of nitrogens with zero attached hydrogens (tertiary/aromatic N) is 3. The van der Waals surface area contributed by atoms with Gasteiger partial charge in [-0.2, -0.15) is 0 Å². The third-order valence-electron chi connectivity index (χ3n) is 8.20. The predicted molar refractivity (Wildman–Crippen MR) is 131 cm³/mol. The molecule has 0 N–H and O–H groups in total. The van der Waals surface area contributed by atoms with Gasteiger partial charge in [0.15, 0.2) is 0 Å². The van der Waals surface area contributed by atoms with Gasteiger partial charge in [-0.15, -0.1) is 0 Å². The lowest BCUT2D eigenvalue weighted by Gasteiger charge is -2.38. The smallest absolute Gasteiger partial charge is 0.228 e. The third-order valence-corrected chi connectivity index (χ3v) is 8.20. The van der Waals surface area contributed by atoms with Crippen LogP contribution in [0, 0.1) is 11.2 Å².